The quantitative estimate of drug-likeness (QED) is 0.736. The van der Waals surface area contributed by atoms with Crippen molar-refractivity contribution in [1.82, 2.24) is 5.32 Å². The SMILES string of the molecule is COc1ccc(/C=C(\NC(=O)c2ccccc2O)C(=O)O)cc1. The summed E-state index contributed by atoms with van der Waals surface area (Å²) in [6.07, 6.45) is 1.32. The summed E-state index contributed by atoms with van der Waals surface area (Å²) in [4.78, 5) is 23.4. The van der Waals surface area contributed by atoms with Crippen LogP contribution in [-0.2, 0) is 4.79 Å². The molecule has 6 heteroatoms. The molecule has 0 aliphatic carbocycles. The molecule has 3 N–H and O–H groups in total. The van der Waals surface area contributed by atoms with Gasteiger partial charge in [-0.1, -0.05) is 24.3 Å². The molecule has 0 radical (unpaired) electrons. The van der Waals surface area contributed by atoms with Gasteiger partial charge in [-0.05, 0) is 35.9 Å². The molecule has 2 aromatic carbocycles. The van der Waals surface area contributed by atoms with Crippen LogP contribution in [0.3, 0.4) is 0 Å². The Balaban J connectivity index is 2.24. The van der Waals surface area contributed by atoms with Crippen LogP contribution < -0.4 is 10.1 Å². The van der Waals surface area contributed by atoms with E-state index in [2.05, 4.69) is 5.32 Å². The first kappa shape index (κ1) is 16.1. The Bertz CT molecular complexity index is 750. The lowest BCUT2D eigenvalue weighted by atomic mass is 10.1. The summed E-state index contributed by atoms with van der Waals surface area (Å²) in [6.45, 7) is 0. The zero-order chi connectivity index (χ0) is 16.8. The van der Waals surface area contributed by atoms with E-state index in [0.717, 1.165) is 0 Å². The van der Waals surface area contributed by atoms with E-state index < -0.39 is 11.9 Å². The summed E-state index contributed by atoms with van der Waals surface area (Å²) in [5, 5.41) is 21.2. The fourth-order valence-corrected chi connectivity index (χ4v) is 1.87. The highest BCUT2D eigenvalue weighted by atomic mass is 16.5. The first-order valence-electron chi connectivity index (χ1n) is 6.69. The first-order valence-corrected chi connectivity index (χ1v) is 6.69. The van der Waals surface area contributed by atoms with Crippen molar-refractivity contribution < 1.29 is 24.5 Å². The largest absolute Gasteiger partial charge is 0.507 e. The molecule has 0 heterocycles. The normalized spacial score (nSPS) is 10.9. The predicted molar refractivity (Wildman–Crippen MR) is 84.2 cm³/mol. The van der Waals surface area contributed by atoms with Crippen molar-refractivity contribution in [3.8, 4) is 11.5 Å². The van der Waals surface area contributed by atoms with E-state index in [-0.39, 0.29) is 17.0 Å². The molecular formula is C17H15NO5. The van der Waals surface area contributed by atoms with Crippen molar-refractivity contribution in [3.05, 3.63) is 65.4 Å². The van der Waals surface area contributed by atoms with Crippen molar-refractivity contribution in [3.63, 3.8) is 0 Å². The highest BCUT2D eigenvalue weighted by Gasteiger charge is 2.15. The van der Waals surface area contributed by atoms with E-state index in [0.29, 0.717) is 11.3 Å². The van der Waals surface area contributed by atoms with Crippen molar-refractivity contribution in [2.75, 3.05) is 7.11 Å². The molecule has 2 rings (SSSR count). The van der Waals surface area contributed by atoms with Gasteiger partial charge in [-0.25, -0.2) is 4.79 Å². The third kappa shape index (κ3) is 4.10. The zero-order valence-corrected chi connectivity index (χ0v) is 12.3. The second-order valence-electron chi connectivity index (χ2n) is 4.61. The van der Waals surface area contributed by atoms with E-state index in [1.165, 1.54) is 25.3 Å². The van der Waals surface area contributed by atoms with Gasteiger partial charge < -0.3 is 20.3 Å². The second kappa shape index (κ2) is 7.13. The number of hydrogen-bond acceptors (Lipinski definition) is 4. The van der Waals surface area contributed by atoms with Gasteiger partial charge >= 0.3 is 5.97 Å². The molecule has 0 aromatic heterocycles. The Morgan fingerprint density at radius 3 is 2.30 bits per heavy atom. The second-order valence-corrected chi connectivity index (χ2v) is 4.61. The van der Waals surface area contributed by atoms with Crippen LogP contribution in [0.25, 0.3) is 6.08 Å². The molecule has 0 spiro atoms. The highest BCUT2D eigenvalue weighted by Crippen LogP contribution is 2.17. The molecule has 0 aliphatic rings. The summed E-state index contributed by atoms with van der Waals surface area (Å²) in [6, 6.07) is 12.6. The third-order valence-corrected chi connectivity index (χ3v) is 3.05. The van der Waals surface area contributed by atoms with E-state index in [1.807, 2.05) is 0 Å². The predicted octanol–water partition coefficient (Wildman–Crippen LogP) is 2.26. The molecule has 0 saturated heterocycles. The molecule has 1 amide bonds. The van der Waals surface area contributed by atoms with E-state index in [9.17, 15) is 19.8 Å². The van der Waals surface area contributed by atoms with E-state index in [4.69, 9.17) is 4.74 Å². The lowest BCUT2D eigenvalue weighted by Gasteiger charge is -2.08. The number of methoxy groups -OCH3 is 1. The van der Waals surface area contributed by atoms with Gasteiger partial charge in [-0.15, -0.1) is 0 Å². The van der Waals surface area contributed by atoms with Gasteiger partial charge in [0, 0.05) is 0 Å². The maximum absolute atomic E-state index is 12.1. The van der Waals surface area contributed by atoms with Gasteiger partial charge in [0.2, 0.25) is 0 Å². The van der Waals surface area contributed by atoms with Gasteiger partial charge in [-0.3, -0.25) is 4.79 Å². The number of carbonyl (C=O) groups is 2. The van der Waals surface area contributed by atoms with Crippen LogP contribution in [0.1, 0.15) is 15.9 Å². The number of rotatable bonds is 5. The number of carboxylic acid groups (broad SMARTS) is 1. The standard InChI is InChI=1S/C17H15NO5/c1-23-12-8-6-11(7-9-12)10-14(17(21)22)18-16(20)13-4-2-3-5-15(13)19/h2-10,19H,1H3,(H,18,20)(H,21,22)/b14-10-. The molecular weight excluding hydrogens is 298 g/mol. The number of ether oxygens (including phenoxy) is 1. The van der Waals surface area contributed by atoms with Gasteiger partial charge in [-0.2, -0.15) is 0 Å². The molecule has 23 heavy (non-hydrogen) atoms. The third-order valence-electron chi connectivity index (χ3n) is 3.05. The molecule has 2 aromatic rings. The maximum atomic E-state index is 12.1. The number of phenolic OH excluding ortho intramolecular Hbond substituents is 1. The number of aromatic hydroxyl groups is 1. The number of carbonyl (C=O) groups excluding carboxylic acids is 1. The minimum Gasteiger partial charge on any atom is -0.507 e. The average Bonchev–Trinajstić information content (AvgIpc) is 2.55. The monoisotopic (exact) mass is 313 g/mol. The van der Waals surface area contributed by atoms with Crippen LogP contribution in [0.2, 0.25) is 0 Å². The number of para-hydroxylation sites is 1. The molecule has 0 atom stereocenters. The van der Waals surface area contributed by atoms with Crippen LogP contribution in [0.15, 0.2) is 54.2 Å². The summed E-state index contributed by atoms with van der Waals surface area (Å²) >= 11 is 0. The van der Waals surface area contributed by atoms with Gasteiger partial charge in [0.1, 0.15) is 17.2 Å². The Morgan fingerprint density at radius 1 is 1.09 bits per heavy atom. The Morgan fingerprint density at radius 2 is 1.74 bits per heavy atom. The summed E-state index contributed by atoms with van der Waals surface area (Å²) in [7, 11) is 1.53. The Labute approximate surface area is 132 Å². The number of aliphatic carboxylic acids is 1. The molecule has 0 saturated carbocycles. The summed E-state index contributed by atoms with van der Waals surface area (Å²) in [5.74, 6) is -1.58. The number of phenols is 1. The van der Waals surface area contributed by atoms with Gasteiger partial charge in [0.15, 0.2) is 0 Å². The Hall–Kier alpha value is -3.28. The number of hydrogen-bond donors (Lipinski definition) is 3. The minimum atomic E-state index is -1.29. The van der Waals surface area contributed by atoms with Gasteiger partial charge in [0.25, 0.3) is 5.91 Å². The fraction of sp³-hybridized carbons (Fsp3) is 0.0588. The fourth-order valence-electron chi connectivity index (χ4n) is 1.87. The van der Waals surface area contributed by atoms with Crippen molar-refractivity contribution >= 4 is 18.0 Å². The maximum Gasteiger partial charge on any atom is 0.352 e. The molecule has 0 unspecified atom stereocenters. The van der Waals surface area contributed by atoms with Crippen molar-refractivity contribution in [2.24, 2.45) is 0 Å². The molecule has 118 valence electrons. The van der Waals surface area contributed by atoms with Crippen LogP contribution >= 0.6 is 0 Å². The lowest BCUT2D eigenvalue weighted by Crippen LogP contribution is -2.27. The van der Waals surface area contributed by atoms with Crippen molar-refractivity contribution in [1.29, 1.82) is 0 Å². The molecule has 6 nitrogen and oxygen atoms in total. The van der Waals surface area contributed by atoms with Crippen molar-refractivity contribution in [2.45, 2.75) is 0 Å². The summed E-state index contributed by atoms with van der Waals surface area (Å²) in [5.41, 5.74) is 0.276. The van der Waals surface area contributed by atoms with E-state index in [1.54, 1.807) is 36.4 Å². The molecule has 0 fully saturated rings. The van der Waals surface area contributed by atoms with Crippen LogP contribution in [0.5, 0.6) is 11.5 Å². The minimum absolute atomic E-state index is 0.00520. The van der Waals surface area contributed by atoms with E-state index >= 15 is 0 Å². The van der Waals surface area contributed by atoms with Crippen LogP contribution in [-0.4, -0.2) is 29.2 Å². The average molecular weight is 313 g/mol. The number of nitrogens with one attached hydrogen (secondary N) is 1. The zero-order valence-electron chi connectivity index (χ0n) is 12.3. The van der Waals surface area contributed by atoms with Crippen LogP contribution in [0, 0.1) is 0 Å². The number of amides is 1. The van der Waals surface area contributed by atoms with Gasteiger partial charge in [0.05, 0.1) is 12.7 Å². The number of carboxylic acids is 1. The van der Waals surface area contributed by atoms with Crippen LogP contribution in [0.4, 0.5) is 0 Å². The number of benzene rings is 2. The molecule has 0 aliphatic heterocycles. The molecule has 0 bridgehead atoms. The lowest BCUT2D eigenvalue weighted by molar-refractivity contribution is -0.132. The Kier molecular flexibility index (Phi) is 4.99. The summed E-state index contributed by atoms with van der Waals surface area (Å²) < 4.78 is 5.02. The first-order chi connectivity index (χ1) is 11.0. The smallest absolute Gasteiger partial charge is 0.352 e. The topological polar surface area (TPSA) is 95.9 Å². The highest BCUT2D eigenvalue weighted by molar-refractivity contribution is 6.04.